The van der Waals surface area contributed by atoms with Crippen molar-refractivity contribution in [3.8, 4) is 0 Å². The van der Waals surface area contributed by atoms with E-state index in [0.717, 1.165) is 38.2 Å². The zero-order chi connectivity index (χ0) is 11.2. The van der Waals surface area contributed by atoms with Crippen molar-refractivity contribution in [3.63, 3.8) is 0 Å². The van der Waals surface area contributed by atoms with Crippen LogP contribution in [0.4, 0.5) is 5.82 Å². The molecule has 0 atom stereocenters. The summed E-state index contributed by atoms with van der Waals surface area (Å²) in [6.07, 6.45) is 5.85. The summed E-state index contributed by atoms with van der Waals surface area (Å²) in [6, 6.07) is 4.31. The van der Waals surface area contributed by atoms with Gasteiger partial charge in [0.1, 0.15) is 5.82 Å². The van der Waals surface area contributed by atoms with E-state index in [0.29, 0.717) is 0 Å². The molecule has 88 valence electrons. The predicted octanol–water partition coefficient (Wildman–Crippen LogP) is 2.41. The summed E-state index contributed by atoms with van der Waals surface area (Å²) < 4.78 is 5.01. The first-order valence-corrected chi connectivity index (χ1v) is 6.12. The minimum atomic E-state index is 0.847. The van der Waals surface area contributed by atoms with Gasteiger partial charge in [-0.05, 0) is 43.7 Å². The second kappa shape index (κ2) is 5.85. The topological polar surface area (TPSA) is 34.1 Å². The molecular weight excluding hydrogens is 200 g/mol. The molecule has 0 saturated heterocycles. The molecule has 0 fully saturated rings. The molecule has 1 aliphatic rings. The number of nitrogens with one attached hydrogen (secondary N) is 1. The van der Waals surface area contributed by atoms with E-state index in [-0.39, 0.29) is 0 Å². The standard InChI is InChI=1S/C13H20N2O/c1-16-10-3-2-9-14-13-8-7-11-5-4-6-12(11)15-13/h7-8H,2-6,9-10H2,1H3,(H,14,15). The molecule has 1 aromatic rings. The van der Waals surface area contributed by atoms with Gasteiger partial charge in [-0.25, -0.2) is 4.98 Å². The fourth-order valence-electron chi connectivity index (χ4n) is 2.11. The molecule has 1 heterocycles. The van der Waals surface area contributed by atoms with Gasteiger partial charge in [0.25, 0.3) is 0 Å². The van der Waals surface area contributed by atoms with Gasteiger partial charge in [-0.2, -0.15) is 0 Å². The molecule has 3 nitrogen and oxygen atoms in total. The minimum absolute atomic E-state index is 0.847. The third-order valence-electron chi connectivity index (χ3n) is 3.01. The molecule has 1 aromatic heterocycles. The number of unbranched alkanes of at least 4 members (excludes halogenated alkanes) is 1. The number of aryl methyl sites for hydroxylation is 2. The maximum atomic E-state index is 5.01. The van der Waals surface area contributed by atoms with Crippen LogP contribution >= 0.6 is 0 Å². The highest BCUT2D eigenvalue weighted by molar-refractivity contribution is 5.40. The summed E-state index contributed by atoms with van der Waals surface area (Å²) >= 11 is 0. The van der Waals surface area contributed by atoms with Crippen LogP contribution in [0.3, 0.4) is 0 Å². The van der Waals surface area contributed by atoms with Crippen molar-refractivity contribution in [2.75, 3.05) is 25.6 Å². The van der Waals surface area contributed by atoms with Gasteiger partial charge in [0, 0.05) is 26.0 Å². The van der Waals surface area contributed by atoms with Crippen molar-refractivity contribution in [1.82, 2.24) is 4.98 Å². The first-order chi connectivity index (χ1) is 7.90. The number of methoxy groups -OCH3 is 1. The number of anilines is 1. The molecule has 0 spiro atoms. The largest absolute Gasteiger partial charge is 0.385 e. The van der Waals surface area contributed by atoms with Crippen molar-refractivity contribution in [2.45, 2.75) is 32.1 Å². The van der Waals surface area contributed by atoms with Crippen LogP contribution < -0.4 is 5.32 Å². The van der Waals surface area contributed by atoms with Crippen LogP contribution in [-0.2, 0) is 17.6 Å². The van der Waals surface area contributed by atoms with Gasteiger partial charge in [0.05, 0.1) is 0 Å². The Bertz CT molecular complexity index is 339. The average molecular weight is 220 g/mol. The number of rotatable bonds is 6. The van der Waals surface area contributed by atoms with Gasteiger partial charge < -0.3 is 10.1 Å². The van der Waals surface area contributed by atoms with E-state index in [1.165, 1.54) is 24.1 Å². The van der Waals surface area contributed by atoms with Crippen LogP contribution in [0, 0.1) is 0 Å². The maximum Gasteiger partial charge on any atom is 0.126 e. The molecule has 0 saturated carbocycles. The van der Waals surface area contributed by atoms with Crippen LogP contribution in [0.5, 0.6) is 0 Å². The average Bonchev–Trinajstić information content (AvgIpc) is 2.76. The van der Waals surface area contributed by atoms with Crippen LogP contribution in [-0.4, -0.2) is 25.2 Å². The molecule has 3 heteroatoms. The normalized spacial score (nSPS) is 13.8. The Morgan fingerprint density at radius 3 is 3.12 bits per heavy atom. The quantitative estimate of drug-likeness (QED) is 0.748. The molecule has 0 radical (unpaired) electrons. The molecular formula is C13H20N2O. The highest BCUT2D eigenvalue weighted by Crippen LogP contribution is 2.21. The number of pyridine rings is 1. The Kier molecular flexibility index (Phi) is 4.17. The minimum Gasteiger partial charge on any atom is -0.385 e. The van der Waals surface area contributed by atoms with Gasteiger partial charge in [-0.15, -0.1) is 0 Å². The lowest BCUT2D eigenvalue weighted by Gasteiger charge is -2.07. The van der Waals surface area contributed by atoms with Crippen molar-refractivity contribution in [2.24, 2.45) is 0 Å². The third kappa shape index (κ3) is 2.95. The van der Waals surface area contributed by atoms with Crippen LogP contribution in [0.1, 0.15) is 30.5 Å². The maximum absolute atomic E-state index is 5.01. The summed E-state index contributed by atoms with van der Waals surface area (Å²) in [4.78, 5) is 4.63. The van der Waals surface area contributed by atoms with E-state index < -0.39 is 0 Å². The highest BCUT2D eigenvalue weighted by atomic mass is 16.5. The number of hydrogen-bond donors (Lipinski definition) is 1. The molecule has 0 unspecified atom stereocenters. The molecule has 0 amide bonds. The Morgan fingerprint density at radius 2 is 2.25 bits per heavy atom. The Labute approximate surface area is 97.2 Å². The summed E-state index contributed by atoms with van der Waals surface area (Å²) in [5.74, 6) is 1.03. The van der Waals surface area contributed by atoms with Crippen LogP contribution in [0.15, 0.2) is 12.1 Å². The Balaban J connectivity index is 1.77. The van der Waals surface area contributed by atoms with E-state index >= 15 is 0 Å². The van der Waals surface area contributed by atoms with Gasteiger partial charge in [-0.1, -0.05) is 6.07 Å². The van der Waals surface area contributed by atoms with E-state index in [1.54, 1.807) is 7.11 Å². The lowest BCUT2D eigenvalue weighted by molar-refractivity contribution is 0.194. The van der Waals surface area contributed by atoms with Crippen molar-refractivity contribution >= 4 is 5.82 Å². The van der Waals surface area contributed by atoms with Crippen LogP contribution in [0.2, 0.25) is 0 Å². The van der Waals surface area contributed by atoms with Gasteiger partial charge in [0.2, 0.25) is 0 Å². The van der Waals surface area contributed by atoms with E-state index in [1.807, 2.05) is 0 Å². The monoisotopic (exact) mass is 220 g/mol. The highest BCUT2D eigenvalue weighted by Gasteiger charge is 2.11. The zero-order valence-corrected chi connectivity index (χ0v) is 9.96. The number of nitrogens with zero attached hydrogens (tertiary/aromatic N) is 1. The third-order valence-corrected chi connectivity index (χ3v) is 3.01. The molecule has 1 N–H and O–H groups in total. The Hall–Kier alpha value is -1.09. The number of fused-ring (bicyclic) bond motifs is 1. The van der Waals surface area contributed by atoms with Crippen molar-refractivity contribution < 1.29 is 4.74 Å². The van der Waals surface area contributed by atoms with Gasteiger partial charge >= 0.3 is 0 Å². The second-order valence-electron chi connectivity index (χ2n) is 4.28. The van der Waals surface area contributed by atoms with E-state index in [2.05, 4.69) is 22.4 Å². The fourth-order valence-corrected chi connectivity index (χ4v) is 2.11. The van der Waals surface area contributed by atoms with E-state index in [9.17, 15) is 0 Å². The smallest absolute Gasteiger partial charge is 0.126 e. The second-order valence-corrected chi connectivity index (χ2v) is 4.28. The van der Waals surface area contributed by atoms with Crippen molar-refractivity contribution in [1.29, 1.82) is 0 Å². The Morgan fingerprint density at radius 1 is 1.31 bits per heavy atom. The zero-order valence-electron chi connectivity index (χ0n) is 9.96. The van der Waals surface area contributed by atoms with E-state index in [4.69, 9.17) is 4.74 Å². The molecule has 1 aliphatic carbocycles. The summed E-state index contributed by atoms with van der Waals surface area (Å²) in [7, 11) is 1.75. The number of aromatic nitrogens is 1. The lowest BCUT2D eigenvalue weighted by atomic mass is 10.2. The molecule has 0 aromatic carbocycles. The van der Waals surface area contributed by atoms with Crippen LogP contribution in [0.25, 0.3) is 0 Å². The first kappa shape index (κ1) is 11.4. The number of ether oxygens (including phenoxy) is 1. The summed E-state index contributed by atoms with van der Waals surface area (Å²) in [6.45, 7) is 1.83. The lowest BCUT2D eigenvalue weighted by Crippen LogP contribution is -2.05. The number of hydrogen-bond acceptors (Lipinski definition) is 3. The molecule has 16 heavy (non-hydrogen) atoms. The first-order valence-electron chi connectivity index (χ1n) is 6.12. The summed E-state index contributed by atoms with van der Waals surface area (Å²) in [5.41, 5.74) is 2.73. The molecule has 0 bridgehead atoms. The van der Waals surface area contributed by atoms with Gasteiger partial charge in [0.15, 0.2) is 0 Å². The fraction of sp³-hybridized carbons (Fsp3) is 0.615. The predicted molar refractivity (Wildman–Crippen MR) is 65.9 cm³/mol. The molecule has 2 rings (SSSR count). The van der Waals surface area contributed by atoms with Gasteiger partial charge in [-0.3, -0.25) is 0 Å². The SMILES string of the molecule is COCCCCNc1ccc2c(n1)CCC2. The summed E-state index contributed by atoms with van der Waals surface area (Å²) in [5, 5.41) is 3.37. The van der Waals surface area contributed by atoms with Crippen molar-refractivity contribution in [3.05, 3.63) is 23.4 Å². The molecule has 0 aliphatic heterocycles.